The molecule has 0 aliphatic heterocycles. The van der Waals surface area contributed by atoms with Gasteiger partial charge in [0.1, 0.15) is 11.5 Å². The highest BCUT2D eigenvalue weighted by atomic mass is 16.2. The Morgan fingerprint density at radius 2 is 2.00 bits per heavy atom. The first-order valence-electron chi connectivity index (χ1n) is 7.49. The summed E-state index contributed by atoms with van der Waals surface area (Å²) in [6, 6.07) is 11.6. The molecule has 6 nitrogen and oxygen atoms in total. The van der Waals surface area contributed by atoms with Crippen LogP contribution in [-0.2, 0) is 20.5 Å². The summed E-state index contributed by atoms with van der Waals surface area (Å²) in [5, 5.41) is 7.33. The normalized spacial score (nSPS) is 10.7. The van der Waals surface area contributed by atoms with Crippen LogP contribution < -0.4 is 5.32 Å². The van der Waals surface area contributed by atoms with Gasteiger partial charge in [-0.1, -0.05) is 30.3 Å². The van der Waals surface area contributed by atoms with Gasteiger partial charge in [-0.15, -0.1) is 0 Å². The minimum atomic E-state index is -0.128. The van der Waals surface area contributed by atoms with Gasteiger partial charge in [-0.2, -0.15) is 5.10 Å². The summed E-state index contributed by atoms with van der Waals surface area (Å²) in [7, 11) is 3.72. The van der Waals surface area contributed by atoms with Crippen LogP contribution in [0.5, 0.6) is 0 Å². The maximum absolute atomic E-state index is 12.3. The molecule has 1 aromatic carbocycles. The number of benzene rings is 1. The predicted molar refractivity (Wildman–Crippen MR) is 87.9 cm³/mol. The lowest BCUT2D eigenvalue weighted by Gasteiger charge is -2.05. The van der Waals surface area contributed by atoms with E-state index in [-0.39, 0.29) is 5.91 Å². The van der Waals surface area contributed by atoms with Gasteiger partial charge >= 0.3 is 0 Å². The SMILES string of the molecule is Cn1ccnc1CCNC(=O)c1cc(-c2ccccc2)nn1C. The van der Waals surface area contributed by atoms with Crippen LogP contribution in [0, 0.1) is 0 Å². The lowest BCUT2D eigenvalue weighted by Crippen LogP contribution is -2.28. The van der Waals surface area contributed by atoms with Crippen molar-refractivity contribution in [3.05, 3.63) is 60.3 Å². The lowest BCUT2D eigenvalue weighted by molar-refractivity contribution is 0.0944. The van der Waals surface area contributed by atoms with E-state index in [4.69, 9.17) is 0 Å². The summed E-state index contributed by atoms with van der Waals surface area (Å²) in [5.41, 5.74) is 2.33. The zero-order chi connectivity index (χ0) is 16.2. The van der Waals surface area contributed by atoms with E-state index in [2.05, 4.69) is 15.4 Å². The van der Waals surface area contributed by atoms with Gasteiger partial charge in [-0.05, 0) is 6.07 Å². The first-order chi connectivity index (χ1) is 11.1. The molecule has 0 aliphatic rings. The van der Waals surface area contributed by atoms with E-state index in [1.807, 2.05) is 54.2 Å². The fraction of sp³-hybridized carbons (Fsp3) is 0.235. The molecule has 0 saturated carbocycles. The molecule has 23 heavy (non-hydrogen) atoms. The van der Waals surface area contributed by atoms with E-state index in [0.29, 0.717) is 18.7 Å². The quantitative estimate of drug-likeness (QED) is 0.781. The highest BCUT2D eigenvalue weighted by Gasteiger charge is 2.14. The lowest BCUT2D eigenvalue weighted by atomic mass is 10.1. The number of nitrogens with zero attached hydrogens (tertiary/aromatic N) is 4. The van der Waals surface area contributed by atoms with Crippen LogP contribution in [0.25, 0.3) is 11.3 Å². The smallest absolute Gasteiger partial charge is 0.269 e. The van der Waals surface area contributed by atoms with Crippen molar-refractivity contribution in [2.45, 2.75) is 6.42 Å². The van der Waals surface area contributed by atoms with Gasteiger partial charge < -0.3 is 9.88 Å². The van der Waals surface area contributed by atoms with Crippen LogP contribution in [0.2, 0.25) is 0 Å². The molecule has 0 aliphatic carbocycles. The van der Waals surface area contributed by atoms with Crippen molar-refractivity contribution < 1.29 is 4.79 Å². The van der Waals surface area contributed by atoms with Gasteiger partial charge in [0.2, 0.25) is 0 Å². The second kappa shape index (κ2) is 6.48. The van der Waals surface area contributed by atoms with Crippen molar-refractivity contribution in [3.8, 4) is 11.3 Å². The molecule has 0 unspecified atom stereocenters. The predicted octanol–water partition coefficient (Wildman–Crippen LogP) is 1.79. The molecule has 2 heterocycles. The number of amides is 1. The zero-order valence-electron chi connectivity index (χ0n) is 13.2. The Balaban J connectivity index is 1.66. The molecule has 0 fully saturated rings. The second-order valence-electron chi connectivity index (χ2n) is 5.36. The largest absolute Gasteiger partial charge is 0.350 e. The zero-order valence-corrected chi connectivity index (χ0v) is 13.2. The molecule has 0 bridgehead atoms. The van der Waals surface area contributed by atoms with Crippen LogP contribution in [-0.4, -0.2) is 31.8 Å². The first kappa shape index (κ1) is 15.0. The van der Waals surface area contributed by atoms with E-state index in [0.717, 1.165) is 17.1 Å². The number of nitrogens with one attached hydrogen (secondary N) is 1. The van der Waals surface area contributed by atoms with Gasteiger partial charge in [0.25, 0.3) is 5.91 Å². The minimum Gasteiger partial charge on any atom is -0.350 e. The number of hydrogen-bond donors (Lipinski definition) is 1. The molecule has 3 aromatic rings. The molecule has 6 heteroatoms. The molecule has 0 spiro atoms. The van der Waals surface area contributed by atoms with Crippen LogP contribution in [0.15, 0.2) is 48.8 Å². The Bertz CT molecular complexity index is 804. The Morgan fingerprint density at radius 3 is 2.70 bits per heavy atom. The van der Waals surface area contributed by atoms with Gasteiger partial charge in [0.15, 0.2) is 0 Å². The van der Waals surface area contributed by atoms with Crippen molar-refractivity contribution in [2.24, 2.45) is 14.1 Å². The van der Waals surface area contributed by atoms with E-state index < -0.39 is 0 Å². The van der Waals surface area contributed by atoms with Crippen molar-refractivity contribution in [1.82, 2.24) is 24.6 Å². The number of aromatic nitrogens is 4. The standard InChI is InChI=1S/C17H19N5O/c1-21-11-10-18-16(21)8-9-19-17(23)15-12-14(20-22(15)2)13-6-4-3-5-7-13/h3-7,10-12H,8-9H2,1-2H3,(H,19,23). The Labute approximate surface area is 134 Å². The number of rotatable bonds is 5. The number of carbonyl (C=O) groups excluding carboxylic acids is 1. The average Bonchev–Trinajstić information content (AvgIpc) is 3.14. The molecule has 0 saturated heterocycles. The van der Waals surface area contributed by atoms with Crippen LogP contribution in [0.3, 0.4) is 0 Å². The van der Waals surface area contributed by atoms with Crippen LogP contribution >= 0.6 is 0 Å². The number of imidazole rings is 1. The summed E-state index contributed by atoms with van der Waals surface area (Å²) in [6.45, 7) is 0.537. The van der Waals surface area contributed by atoms with E-state index in [1.165, 1.54) is 0 Å². The summed E-state index contributed by atoms with van der Waals surface area (Å²) < 4.78 is 3.56. The fourth-order valence-electron chi connectivity index (χ4n) is 2.45. The van der Waals surface area contributed by atoms with Crippen LogP contribution in [0.4, 0.5) is 0 Å². The van der Waals surface area contributed by atoms with Gasteiger partial charge in [-0.3, -0.25) is 9.48 Å². The van der Waals surface area contributed by atoms with Gasteiger partial charge in [0, 0.05) is 45.0 Å². The maximum atomic E-state index is 12.3. The Morgan fingerprint density at radius 1 is 1.22 bits per heavy atom. The third-order valence-electron chi connectivity index (χ3n) is 3.74. The fourth-order valence-corrected chi connectivity index (χ4v) is 2.45. The van der Waals surface area contributed by atoms with E-state index >= 15 is 0 Å². The van der Waals surface area contributed by atoms with Gasteiger partial charge in [-0.25, -0.2) is 4.98 Å². The second-order valence-corrected chi connectivity index (χ2v) is 5.36. The van der Waals surface area contributed by atoms with Crippen molar-refractivity contribution in [1.29, 1.82) is 0 Å². The minimum absolute atomic E-state index is 0.128. The molecule has 0 atom stereocenters. The third-order valence-corrected chi connectivity index (χ3v) is 3.74. The number of aryl methyl sites for hydroxylation is 2. The maximum Gasteiger partial charge on any atom is 0.269 e. The molecule has 2 aromatic heterocycles. The topological polar surface area (TPSA) is 64.7 Å². The van der Waals surface area contributed by atoms with Crippen molar-refractivity contribution in [2.75, 3.05) is 6.54 Å². The summed E-state index contributed by atoms with van der Waals surface area (Å²) in [5.74, 6) is 0.816. The molecule has 3 rings (SSSR count). The van der Waals surface area contributed by atoms with Gasteiger partial charge in [0.05, 0.1) is 5.69 Å². The molecule has 118 valence electrons. The van der Waals surface area contributed by atoms with E-state index in [1.54, 1.807) is 17.9 Å². The molecule has 1 amide bonds. The third kappa shape index (κ3) is 3.31. The van der Waals surface area contributed by atoms with Crippen LogP contribution in [0.1, 0.15) is 16.3 Å². The van der Waals surface area contributed by atoms with E-state index in [9.17, 15) is 4.79 Å². The number of carbonyl (C=O) groups is 1. The summed E-state index contributed by atoms with van der Waals surface area (Å²) >= 11 is 0. The Hall–Kier alpha value is -2.89. The molecule has 0 radical (unpaired) electrons. The summed E-state index contributed by atoms with van der Waals surface area (Å²) in [6.07, 6.45) is 4.34. The monoisotopic (exact) mass is 309 g/mol. The Kier molecular flexibility index (Phi) is 4.23. The van der Waals surface area contributed by atoms with Crippen molar-refractivity contribution in [3.63, 3.8) is 0 Å². The number of hydrogen-bond acceptors (Lipinski definition) is 3. The first-order valence-corrected chi connectivity index (χ1v) is 7.49. The molecule has 1 N–H and O–H groups in total. The van der Waals surface area contributed by atoms with Crippen molar-refractivity contribution >= 4 is 5.91 Å². The molecular weight excluding hydrogens is 290 g/mol. The highest BCUT2D eigenvalue weighted by Crippen LogP contribution is 2.18. The average molecular weight is 309 g/mol. The summed E-state index contributed by atoms with van der Waals surface area (Å²) in [4.78, 5) is 16.6. The molecular formula is C17H19N5O. The highest BCUT2D eigenvalue weighted by molar-refractivity contribution is 5.93.